The van der Waals surface area contributed by atoms with Crippen LogP contribution in [0, 0.1) is 5.82 Å². The molecule has 2 rings (SSSR count). The van der Waals surface area contributed by atoms with E-state index in [2.05, 4.69) is 5.32 Å². The highest BCUT2D eigenvalue weighted by Crippen LogP contribution is 2.24. The highest BCUT2D eigenvalue weighted by molar-refractivity contribution is 7.80. The molecule has 0 bridgehead atoms. The molecule has 0 aromatic heterocycles. The van der Waals surface area contributed by atoms with E-state index in [-0.39, 0.29) is 18.5 Å². The number of hydrogen-bond donors (Lipinski definition) is 2. The Bertz CT molecular complexity index is 396. The lowest BCUT2D eigenvalue weighted by molar-refractivity contribution is 0.257. The zero-order valence-corrected chi connectivity index (χ0v) is 10.2. The van der Waals surface area contributed by atoms with Gasteiger partial charge in [-0.1, -0.05) is 12.1 Å². The van der Waals surface area contributed by atoms with Gasteiger partial charge in [-0.2, -0.15) is 0 Å². The summed E-state index contributed by atoms with van der Waals surface area (Å²) in [5.74, 6) is -0.232. The number of nitrogens with one attached hydrogen (secondary N) is 1. The summed E-state index contributed by atoms with van der Waals surface area (Å²) < 4.78 is 12.9. The first kappa shape index (κ1) is 12.3. The van der Waals surface area contributed by atoms with Crippen molar-refractivity contribution < 1.29 is 9.50 Å². The molecule has 1 aliphatic rings. The Balaban J connectivity index is 2.13. The SMILES string of the molecule is OCCCN1C(=S)NCC1c1ccc(F)cc1. The van der Waals surface area contributed by atoms with E-state index in [9.17, 15) is 4.39 Å². The van der Waals surface area contributed by atoms with E-state index in [0.29, 0.717) is 18.1 Å². The molecule has 2 N–H and O–H groups in total. The van der Waals surface area contributed by atoms with Crippen LogP contribution in [0.3, 0.4) is 0 Å². The van der Waals surface area contributed by atoms with Gasteiger partial charge in [-0.3, -0.25) is 0 Å². The molecule has 1 aromatic carbocycles. The normalized spacial score (nSPS) is 19.5. The Morgan fingerprint density at radius 2 is 2.12 bits per heavy atom. The fourth-order valence-electron chi connectivity index (χ4n) is 2.02. The standard InChI is InChI=1S/C12H15FN2OS/c13-10-4-2-9(3-5-10)11-8-14-12(17)15(11)6-1-7-16/h2-5,11,16H,1,6-8H2,(H,14,17). The lowest BCUT2D eigenvalue weighted by Crippen LogP contribution is -2.31. The fourth-order valence-corrected chi connectivity index (χ4v) is 2.32. The molecule has 1 saturated heterocycles. The summed E-state index contributed by atoms with van der Waals surface area (Å²) in [6, 6.07) is 6.61. The third-order valence-corrected chi connectivity index (χ3v) is 3.27. The maximum Gasteiger partial charge on any atom is 0.169 e. The second-order valence-corrected chi connectivity index (χ2v) is 4.41. The summed E-state index contributed by atoms with van der Waals surface area (Å²) in [5, 5.41) is 12.7. The van der Waals surface area contributed by atoms with Gasteiger partial charge in [-0.15, -0.1) is 0 Å². The van der Waals surface area contributed by atoms with Crippen molar-refractivity contribution >= 4 is 17.3 Å². The van der Waals surface area contributed by atoms with E-state index in [1.807, 2.05) is 4.90 Å². The van der Waals surface area contributed by atoms with E-state index < -0.39 is 0 Å². The van der Waals surface area contributed by atoms with E-state index in [0.717, 1.165) is 12.1 Å². The van der Waals surface area contributed by atoms with Gasteiger partial charge in [-0.25, -0.2) is 4.39 Å². The highest BCUT2D eigenvalue weighted by Gasteiger charge is 2.28. The van der Waals surface area contributed by atoms with Crippen LogP contribution in [0.25, 0.3) is 0 Å². The van der Waals surface area contributed by atoms with Gasteiger partial charge in [0, 0.05) is 19.7 Å². The average molecular weight is 254 g/mol. The number of benzene rings is 1. The number of aliphatic hydroxyl groups is 1. The minimum absolute atomic E-state index is 0.134. The molecule has 1 heterocycles. The number of thiocarbonyl (C=S) groups is 1. The predicted octanol–water partition coefficient (Wildman–Crippen LogP) is 1.44. The maximum atomic E-state index is 12.9. The van der Waals surface area contributed by atoms with Crippen LogP contribution in [0.1, 0.15) is 18.0 Å². The molecule has 17 heavy (non-hydrogen) atoms. The van der Waals surface area contributed by atoms with Crippen LogP contribution in [0.2, 0.25) is 0 Å². The molecule has 5 heteroatoms. The minimum atomic E-state index is -0.232. The van der Waals surface area contributed by atoms with Crippen LogP contribution < -0.4 is 5.32 Å². The van der Waals surface area contributed by atoms with Gasteiger partial charge in [0.1, 0.15) is 5.82 Å². The molecule has 0 saturated carbocycles. The topological polar surface area (TPSA) is 35.5 Å². The van der Waals surface area contributed by atoms with Crippen molar-refractivity contribution in [3.05, 3.63) is 35.6 Å². The van der Waals surface area contributed by atoms with Crippen molar-refractivity contribution in [2.75, 3.05) is 19.7 Å². The molecule has 1 unspecified atom stereocenters. The Labute approximate surface area is 105 Å². The largest absolute Gasteiger partial charge is 0.396 e. The molecule has 0 amide bonds. The molecule has 1 fully saturated rings. The van der Waals surface area contributed by atoms with Crippen molar-refractivity contribution in [1.82, 2.24) is 10.2 Å². The van der Waals surface area contributed by atoms with E-state index in [1.54, 1.807) is 12.1 Å². The van der Waals surface area contributed by atoms with Crippen LogP contribution >= 0.6 is 12.2 Å². The van der Waals surface area contributed by atoms with Crippen molar-refractivity contribution in [2.45, 2.75) is 12.5 Å². The highest BCUT2D eigenvalue weighted by atomic mass is 32.1. The minimum Gasteiger partial charge on any atom is -0.396 e. The summed E-state index contributed by atoms with van der Waals surface area (Å²) in [5.41, 5.74) is 1.04. The molecule has 92 valence electrons. The van der Waals surface area contributed by atoms with Crippen molar-refractivity contribution in [2.24, 2.45) is 0 Å². The zero-order chi connectivity index (χ0) is 12.3. The summed E-state index contributed by atoms with van der Waals surface area (Å²) in [4.78, 5) is 2.04. The van der Waals surface area contributed by atoms with Crippen molar-refractivity contribution in [3.8, 4) is 0 Å². The van der Waals surface area contributed by atoms with E-state index in [1.165, 1.54) is 12.1 Å². The average Bonchev–Trinajstić information content (AvgIpc) is 2.69. The van der Waals surface area contributed by atoms with Gasteiger partial charge in [0.2, 0.25) is 0 Å². The van der Waals surface area contributed by atoms with Gasteiger partial charge >= 0.3 is 0 Å². The van der Waals surface area contributed by atoms with Gasteiger partial charge in [-0.05, 0) is 36.3 Å². The van der Waals surface area contributed by atoms with Gasteiger partial charge in [0.25, 0.3) is 0 Å². The third kappa shape index (κ3) is 2.73. The Morgan fingerprint density at radius 3 is 2.76 bits per heavy atom. The molecule has 0 radical (unpaired) electrons. The van der Waals surface area contributed by atoms with Crippen molar-refractivity contribution in [3.63, 3.8) is 0 Å². The van der Waals surface area contributed by atoms with Crippen LogP contribution in [0.15, 0.2) is 24.3 Å². The molecule has 1 aliphatic heterocycles. The first-order valence-corrected chi connectivity index (χ1v) is 6.04. The maximum absolute atomic E-state index is 12.9. The number of rotatable bonds is 4. The number of aliphatic hydroxyl groups excluding tert-OH is 1. The van der Waals surface area contributed by atoms with Crippen LogP contribution in [-0.2, 0) is 0 Å². The third-order valence-electron chi connectivity index (χ3n) is 2.90. The van der Waals surface area contributed by atoms with Crippen molar-refractivity contribution in [1.29, 1.82) is 0 Å². The van der Waals surface area contributed by atoms with E-state index in [4.69, 9.17) is 17.3 Å². The van der Waals surface area contributed by atoms with E-state index >= 15 is 0 Å². The predicted molar refractivity (Wildman–Crippen MR) is 68.2 cm³/mol. The molecule has 3 nitrogen and oxygen atoms in total. The van der Waals surface area contributed by atoms with Crippen LogP contribution in [0.5, 0.6) is 0 Å². The Kier molecular flexibility index (Phi) is 3.91. The zero-order valence-electron chi connectivity index (χ0n) is 9.40. The fraction of sp³-hybridized carbons (Fsp3) is 0.417. The quantitative estimate of drug-likeness (QED) is 0.797. The smallest absolute Gasteiger partial charge is 0.169 e. The Hall–Kier alpha value is -1.20. The lowest BCUT2D eigenvalue weighted by atomic mass is 10.1. The monoisotopic (exact) mass is 254 g/mol. The number of halogens is 1. The van der Waals surface area contributed by atoms with Crippen LogP contribution in [0.4, 0.5) is 4.39 Å². The Morgan fingerprint density at radius 1 is 1.41 bits per heavy atom. The molecule has 0 aliphatic carbocycles. The summed E-state index contributed by atoms with van der Waals surface area (Å²) in [6.45, 7) is 1.59. The summed E-state index contributed by atoms with van der Waals surface area (Å²) in [6.07, 6.45) is 0.680. The number of hydrogen-bond acceptors (Lipinski definition) is 2. The molecular formula is C12H15FN2OS. The lowest BCUT2D eigenvalue weighted by Gasteiger charge is -2.24. The van der Waals surface area contributed by atoms with Gasteiger partial charge < -0.3 is 15.3 Å². The first-order valence-electron chi connectivity index (χ1n) is 5.63. The number of nitrogens with zero attached hydrogens (tertiary/aromatic N) is 1. The molecular weight excluding hydrogens is 239 g/mol. The first-order chi connectivity index (χ1) is 8.22. The van der Waals surface area contributed by atoms with Gasteiger partial charge in [0.05, 0.1) is 6.04 Å². The molecule has 1 atom stereocenters. The second-order valence-electron chi connectivity index (χ2n) is 4.02. The summed E-state index contributed by atoms with van der Waals surface area (Å²) in [7, 11) is 0. The molecule has 1 aromatic rings. The second kappa shape index (κ2) is 5.42. The van der Waals surface area contributed by atoms with Gasteiger partial charge in [0.15, 0.2) is 5.11 Å². The van der Waals surface area contributed by atoms with Crippen LogP contribution in [-0.4, -0.2) is 34.8 Å². The molecule has 0 spiro atoms. The summed E-state index contributed by atoms with van der Waals surface area (Å²) >= 11 is 5.22.